The molecule has 0 aromatic heterocycles. The van der Waals surface area contributed by atoms with Crippen LogP contribution in [0.25, 0.3) is 0 Å². The van der Waals surface area contributed by atoms with Crippen molar-refractivity contribution in [3.8, 4) is 5.75 Å². The highest BCUT2D eigenvalue weighted by Gasteiger charge is 2.64. The molecule has 1 heterocycles. The van der Waals surface area contributed by atoms with Gasteiger partial charge in [-0.2, -0.15) is 0 Å². The maximum atomic E-state index is 12.6. The van der Waals surface area contributed by atoms with Gasteiger partial charge in [0.05, 0.1) is 6.54 Å². The highest BCUT2D eigenvalue weighted by Crippen LogP contribution is 2.59. The zero-order chi connectivity index (χ0) is 22.2. The first kappa shape index (κ1) is 20.9. The van der Waals surface area contributed by atoms with Gasteiger partial charge < -0.3 is 20.1 Å². The highest BCUT2D eigenvalue weighted by molar-refractivity contribution is 5.97. The summed E-state index contributed by atoms with van der Waals surface area (Å²) < 4.78 is 5.91. The van der Waals surface area contributed by atoms with E-state index >= 15 is 0 Å². The number of carbonyl (C=O) groups excluding carboxylic acids is 2. The fourth-order valence-electron chi connectivity index (χ4n) is 4.38. The summed E-state index contributed by atoms with van der Waals surface area (Å²) in [6.07, 6.45) is 1.16. The second kappa shape index (κ2) is 8.06. The van der Waals surface area contributed by atoms with Crippen LogP contribution in [0.5, 0.6) is 5.75 Å². The van der Waals surface area contributed by atoms with E-state index in [9.17, 15) is 19.5 Å². The molecule has 2 amide bonds. The Morgan fingerprint density at radius 3 is 2.45 bits per heavy atom. The SMILES string of the molecule is C[C@H](Oc1ccc(C(=O)NCC(=O)N2[C@H]3C[C@@]3(C)C[C@H]2C(=O)O)cc1)c1ccccc1. The molecule has 4 rings (SSSR count). The zero-order valence-electron chi connectivity index (χ0n) is 17.6. The lowest BCUT2D eigenvalue weighted by Crippen LogP contribution is -2.47. The minimum absolute atomic E-state index is 0.0407. The van der Waals surface area contributed by atoms with Gasteiger partial charge >= 0.3 is 5.97 Å². The molecule has 1 aliphatic carbocycles. The van der Waals surface area contributed by atoms with Crippen molar-refractivity contribution in [3.63, 3.8) is 0 Å². The van der Waals surface area contributed by atoms with Gasteiger partial charge in [0.2, 0.25) is 5.91 Å². The van der Waals surface area contributed by atoms with E-state index in [1.54, 1.807) is 24.3 Å². The summed E-state index contributed by atoms with van der Waals surface area (Å²) in [5, 5.41) is 12.0. The third kappa shape index (κ3) is 4.26. The molecule has 7 heteroatoms. The van der Waals surface area contributed by atoms with Crippen LogP contribution in [0.15, 0.2) is 54.6 Å². The monoisotopic (exact) mass is 422 g/mol. The van der Waals surface area contributed by atoms with E-state index < -0.39 is 12.0 Å². The van der Waals surface area contributed by atoms with Crippen molar-refractivity contribution in [2.24, 2.45) is 5.41 Å². The molecule has 2 fully saturated rings. The topological polar surface area (TPSA) is 95.9 Å². The van der Waals surface area contributed by atoms with Crippen LogP contribution in [0.4, 0.5) is 0 Å². The van der Waals surface area contributed by atoms with Gasteiger partial charge in [-0.3, -0.25) is 9.59 Å². The molecule has 1 saturated carbocycles. The third-order valence-electron chi connectivity index (χ3n) is 6.31. The van der Waals surface area contributed by atoms with Crippen LogP contribution in [-0.4, -0.2) is 46.4 Å². The van der Waals surface area contributed by atoms with Gasteiger partial charge in [0.25, 0.3) is 5.91 Å². The number of nitrogens with zero attached hydrogens (tertiary/aromatic N) is 1. The normalized spacial score (nSPS) is 24.8. The number of hydrogen-bond acceptors (Lipinski definition) is 4. The minimum Gasteiger partial charge on any atom is -0.486 e. The second-order valence-corrected chi connectivity index (χ2v) is 8.61. The number of ether oxygens (including phenoxy) is 1. The third-order valence-corrected chi connectivity index (χ3v) is 6.31. The fraction of sp³-hybridized carbons (Fsp3) is 0.375. The molecule has 162 valence electrons. The number of carboxylic acids is 1. The van der Waals surface area contributed by atoms with Gasteiger partial charge in [-0.15, -0.1) is 0 Å². The molecule has 7 nitrogen and oxygen atoms in total. The number of carboxylic acid groups (broad SMARTS) is 1. The van der Waals surface area contributed by atoms with E-state index in [4.69, 9.17) is 4.74 Å². The molecule has 2 aliphatic rings. The number of piperidine rings is 1. The van der Waals surface area contributed by atoms with Crippen molar-refractivity contribution in [1.82, 2.24) is 10.2 Å². The van der Waals surface area contributed by atoms with Gasteiger partial charge in [0.1, 0.15) is 17.9 Å². The first-order chi connectivity index (χ1) is 14.8. The number of rotatable bonds is 7. The molecular weight excluding hydrogens is 396 g/mol. The summed E-state index contributed by atoms with van der Waals surface area (Å²) in [7, 11) is 0. The highest BCUT2D eigenvalue weighted by atomic mass is 16.5. The molecule has 31 heavy (non-hydrogen) atoms. The van der Waals surface area contributed by atoms with E-state index in [0.717, 1.165) is 12.0 Å². The summed E-state index contributed by atoms with van der Waals surface area (Å²) >= 11 is 0. The summed E-state index contributed by atoms with van der Waals surface area (Å²) in [5.74, 6) is -1.10. The molecule has 1 saturated heterocycles. The van der Waals surface area contributed by atoms with Crippen LogP contribution in [-0.2, 0) is 9.59 Å². The Bertz CT molecular complexity index is 991. The number of hydrogen-bond donors (Lipinski definition) is 2. The van der Waals surface area contributed by atoms with Crippen molar-refractivity contribution in [2.45, 2.75) is 44.9 Å². The van der Waals surface area contributed by atoms with Gasteiger partial charge in [-0.05, 0) is 55.0 Å². The Balaban J connectivity index is 1.32. The predicted octanol–water partition coefficient (Wildman–Crippen LogP) is 3.02. The largest absolute Gasteiger partial charge is 0.486 e. The average Bonchev–Trinajstić information content (AvgIpc) is 3.33. The number of likely N-dealkylation sites (tertiary alicyclic amines) is 1. The quantitative estimate of drug-likeness (QED) is 0.715. The second-order valence-electron chi connectivity index (χ2n) is 8.61. The number of benzene rings is 2. The van der Waals surface area contributed by atoms with Crippen LogP contribution in [0.2, 0.25) is 0 Å². The minimum atomic E-state index is -0.992. The first-order valence-corrected chi connectivity index (χ1v) is 10.4. The summed E-state index contributed by atoms with van der Waals surface area (Å²) in [6.45, 7) is 3.73. The molecule has 0 radical (unpaired) electrons. The van der Waals surface area contributed by atoms with E-state index in [1.165, 1.54) is 4.90 Å². The van der Waals surface area contributed by atoms with E-state index in [2.05, 4.69) is 5.32 Å². The fourth-order valence-corrected chi connectivity index (χ4v) is 4.38. The number of carbonyl (C=O) groups is 3. The lowest BCUT2D eigenvalue weighted by molar-refractivity contribution is -0.149. The molecule has 2 N–H and O–H groups in total. The Morgan fingerprint density at radius 1 is 1.13 bits per heavy atom. The van der Waals surface area contributed by atoms with E-state index in [-0.39, 0.29) is 35.9 Å². The summed E-state index contributed by atoms with van der Waals surface area (Å²) in [4.78, 5) is 38.0. The summed E-state index contributed by atoms with van der Waals surface area (Å²) in [5.41, 5.74) is 1.35. The predicted molar refractivity (Wildman–Crippen MR) is 114 cm³/mol. The van der Waals surface area contributed by atoms with Crippen molar-refractivity contribution in [3.05, 3.63) is 65.7 Å². The Morgan fingerprint density at radius 2 is 1.81 bits per heavy atom. The first-order valence-electron chi connectivity index (χ1n) is 10.4. The molecule has 4 atom stereocenters. The lowest BCUT2D eigenvalue weighted by atomic mass is 10.0. The number of fused-ring (bicyclic) bond motifs is 1. The van der Waals surface area contributed by atoms with Crippen molar-refractivity contribution >= 4 is 17.8 Å². The van der Waals surface area contributed by atoms with Gasteiger partial charge in [0.15, 0.2) is 0 Å². The summed E-state index contributed by atoms with van der Waals surface area (Å²) in [6, 6.07) is 15.7. The lowest BCUT2D eigenvalue weighted by Gasteiger charge is -2.24. The standard InChI is InChI=1S/C24H26N2O5/c1-15(16-6-4-3-5-7-16)31-18-10-8-17(9-11-18)22(28)25-14-21(27)26-19(23(29)30)12-24(2)13-20(24)26/h3-11,15,19-20H,12-14H2,1-2H3,(H,25,28)(H,29,30)/t15-,19-,20-,24+/m0/s1. The molecule has 2 aromatic rings. The molecule has 1 aliphatic heterocycles. The Labute approximate surface area is 181 Å². The van der Waals surface area contributed by atoms with Crippen molar-refractivity contribution in [1.29, 1.82) is 0 Å². The molecule has 0 bridgehead atoms. The van der Waals surface area contributed by atoms with Crippen molar-refractivity contribution < 1.29 is 24.2 Å². The van der Waals surface area contributed by atoms with Crippen LogP contribution < -0.4 is 10.1 Å². The molecule has 0 unspecified atom stereocenters. The van der Waals surface area contributed by atoms with Gasteiger partial charge in [-0.25, -0.2) is 4.79 Å². The van der Waals surface area contributed by atoms with E-state index in [0.29, 0.717) is 17.7 Å². The van der Waals surface area contributed by atoms with E-state index in [1.807, 2.05) is 44.2 Å². The Hall–Kier alpha value is -3.35. The maximum Gasteiger partial charge on any atom is 0.326 e. The molecule has 2 aromatic carbocycles. The molecule has 0 spiro atoms. The number of amides is 2. The number of aliphatic carboxylic acids is 1. The van der Waals surface area contributed by atoms with Crippen LogP contribution in [0.3, 0.4) is 0 Å². The van der Waals surface area contributed by atoms with Gasteiger partial charge in [0, 0.05) is 11.6 Å². The average molecular weight is 422 g/mol. The Kier molecular flexibility index (Phi) is 5.43. The maximum absolute atomic E-state index is 12.6. The van der Waals surface area contributed by atoms with Crippen molar-refractivity contribution in [2.75, 3.05) is 6.54 Å². The van der Waals surface area contributed by atoms with Gasteiger partial charge in [-0.1, -0.05) is 37.3 Å². The van der Waals surface area contributed by atoms with Crippen LogP contribution >= 0.6 is 0 Å². The smallest absolute Gasteiger partial charge is 0.326 e. The van der Waals surface area contributed by atoms with Crippen LogP contribution in [0, 0.1) is 5.41 Å². The molecular formula is C24H26N2O5. The zero-order valence-corrected chi connectivity index (χ0v) is 17.6. The number of nitrogens with one attached hydrogen (secondary N) is 1. The van der Waals surface area contributed by atoms with Crippen LogP contribution in [0.1, 0.15) is 48.7 Å².